The molecule has 0 aromatic heterocycles. The van der Waals surface area contributed by atoms with E-state index in [0.29, 0.717) is 30.0 Å². The Kier molecular flexibility index (Phi) is 44.8. The van der Waals surface area contributed by atoms with Crippen LogP contribution in [0.4, 0.5) is 0 Å². The molecule has 0 aromatic rings. The number of carbonyl (C=O) groups excluding carboxylic acids is 3. The SMILES string of the molecule is CCCCCC(CCCCC)CCC(C)CC(=O)CCCCCCCCCC(CCCCCCCCCC(=O)CC(C)CCC(CCCCC)CCCCC)C(=O)OCCCN1CCOCC1. The van der Waals surface area contributed by atoms with Gasteiger partial charge in [0.15, 0.2) is 0 Å². The first-order valence-corrected chi connectivity index (χ1v) is 30.2. The number of ether oxygens (including phenoxy) is 2. The lowest BCUT2D eigenvalue weighted by atomic mass is 9.87. The summed E-state index contributed by atoms with van der Waals surface area (Å²) in [5.41, 5.74) is 0. The van der Waals surface area contributed by atoms with E-state index in [0.717, 1.165) is 128 Å². The molecule has 0 spiro atoms. The van der Waals surface area contributed by atoms with Crippen LogP contribution >= 0.6 is 0 Å². The molecule has 1 rings (SSSR count). The standard InChI is InChI=1S/C61H117NO5/c1-7-11-25-34-56(35-26-12-8-2)44-42-54(5)52-59(63)40-31-23-19-15-17-21-29-38-58(61(65)67-49-33-46-62-47-50-66-51-48-62)39-30-22-18-16-20-24-32-41-60(64)53-55(6)43-45-57(36-27-13-9-3)37-28-14-10-4/h54-58H,7-53H2,1-6H3. The summed E-state index contributed by atoms with van der Waals surface area (Å²) >= 11 is 0. The predicted octanol–water partition coefficient (Wildman–Crippen LogP) is 18.2. The number of ketones is 2. The lowest BCUT2D eigenvalue weighted by Crippen LogP contribution is -2.37. The lowest BCUT2D eigenvalue weighted by Gasteiger charge is -2.26. The molecule has 2 unspecified atom stereocenters. The molecule has 1 aliphatic heterocycles. The molecule has 396 valence electrons. The zero-order valence-corrected chi connectivity index (χ0v) is 46.1. The van der Waals surface area contributed by atoms with Gasteiger partial charge in [-0.1, -0.05) is 247 Å². The Bertz CT molecular complexity index is 1020. The molecule has 1 fully saturated rings. The van der Waals surface area contributed by atoms with Crippen molar-refractivity contribution in [2.75, 3.05) is 39.5 Å². The van der Waals surface area contributed by atoms with Gasteiger partial charge in [-0.25, -0.2) is 0 Å². The van der Waals surface area contributed by atoms with E-state index in [2.05, 4.69) is 46.4 Å². The molecular weight excluding hydrogens is 827 g/mol. The van der Waals surface area contributed by atoms with Crippen molar-refractivity contribution in [1.29, 1.82) is 0 Å². The third kappa shape index (κ3) is 40.1. The van der Waals surface area contributed by atoms with Crippen molar-refractivity contribution in [3.63, 3.8) is 0 Å². The third-order valence-electron chi connectivity index (χ3n) is 15.5. The Hall–Kier alpha value is -1.27. The zero-order chi connectivity index (χ0) is 48.8. The van der Waals surface area contributed by atoms with Gasteiger partial charge in [0.1, 0.15) is 11.6 Å². The van der Waals surface area contributed by atoms with Gasteiger partial charge in [0.2, 0.25) is 0 Å². The monoisotopic (exact) mass is 944 g/mol. The number of hydrogen-bond donors (Lipinski definition) is 0. The summed E-state index contributed by atoms with van der Waals surface area (Å²) in [6, 6.07) is 0. The largest absolute Gasteiger partial charge is 0.465 e. The molecule has 6 nitrogen and oxygen atoms in total. The first-order valence-electron chi connectivity index (χ1n) is 30.2. The van der Waals surface area contributed by atoms with Crippen molar-refractivity contribution in [1.82, 2.24) is 4.90 Å². The summed E-state index contributed by atoms with van der Waals surface area (Å²) in [6.07, 6.45) is 48.8. The van der Waals surface area contributed by atoms with E-state index in [1.807, 2.05) is 0 Å². The van der Waals surface area contributed by atoms with Crippen molar-refractivity contribution in [3.05, 3.63) is 0 Å². The molecule has 0 saturated carbocycles. The normalized spacial score (nSPS) is 14.8. The van der Waals surface area contributed by atoms with Crippen LogP contribution in [0.15, 0.2) is 0 Å². The maximum atomic E-state index is 13.3. The molecule has 0 bridgehead atoms. The van der Waals surface area contributed by atoms with Crippen LogP contribution in [0.1, 0.15) is 305 Å². The molecule has 0 aliphatic carbocycles. The maximum absolute atomic E-state index is 13.3. The van der Waals surface area contributed by atoms with Gasteiger partial charge in [-0.05, 0) is 55.8 Å². The Balaban J connectivity index is 2.30. The number of Topliss-reactive ketones (excluding diaryl/α,β-unsaturated/α-hetero) is 2. The topological polar surface area (TPSA) is 72.9 Å². The second kappa shape index (κ2) is 47.1. The van der Waals surface area contributed by atoms with E-state index < -0.39 is 0 Å². The first-order chi connectivity index (χ1) is 32.7. The predicted molar refractivity (Wildman–Crippen MR) is 289 cm³/mol. The van der Waals surface area contributed by atoms with Gasteiger partial charge in [-0.3, -0.25) is 19.3 Å². The second-order valence-electron chi connectivity index (χ2n) is 22.3. The minimum Gasteiger partial charge on any atom is -0.465 e. The molecule has 1 saturated heterocycles. The molecule has 2 atom stereocenters. The zero-order valence-electron chi connectivity index (χ0n) is 46.1. The summed E-state index contributed by atoms with van der Waals surface area (Å²) in [4.78, 5) is 41.3. The van der Waals surface area contributed by atoms with Gasteiger partial charge in [0.25, 0.3) is 0 Å². The summed E-state index contributed by atoms with van der Waals surface area (Å²) in [5, 5.41) is 0. The van der Waals surface area contributed by atoms with Crippen LogP contribution in [0.3, 0.4) is 0 Å². The van der Waals surface area contributed by atoms with Crippen LogP contribution < -0.4 is 0 Å². The Morgan fingerprint density at radius 1 is 0.433 bits per heavy atom. The average Bonchev–Trinajstić information content (AvgIpc) is 3.32. The highest BCUT2D eigenvalue weighted by molar-refractivity contribution is 5.78. The van der Waals surface area contributed by atoms with Gasteiger partial charge in [0, 0.05) is 45.3 Å². The molecule has 67 heavy (non-hydrogen) atoms. The van der Waals surface area contributed by atoms with Crippen LogP contribution in [-0.2, 0) is 23.9 Å². The summed E-state index contributed by atoms with van der Waals surface area (Å²) in [7, 11) is 0. The number of esters is 1. The second-order valence-corrected chi connectivity index (χ2v) is 22.3. The van der Waals surface area contributed by atoms with Crippen molar-refractivity contribution in [2.24, 2.45) is 29.6 Å². The molecule has 0 N–H and O–H groups in total. The number of unbranched alkanes of at least 4 members (excludes halogenated alkanes) is 20. The number of nitrogens with zero attached hydrogens (tertiary/aromatic N) is 1. The van der Waals surface area contributed by atoms with E-state index in [-0.39, 0.29) is 11.9 Å². The Morgan fingerprint density at radius 2 is 0.791 bits per heavy atom. The molecular formula is C61H117NO5. The maximum Gasteiger partial charge on any atom is 0.308 e. The fourth-order valence-corrected chi connectivity index (χ4v) is 10.8. The number of rotatable bonds is 51. The molecule has 0 aromatic carbocycles. The van der Waals surface area contributed by atoms with Gasteiger partial charge in [0.05, 0.1) is 25.7 Å². The van der Waals surface area contributed by atoms with Crippen molar-refractivity contribution in [3.8, 4) is 0 Å². The number of hydrogen-bond acceptors (Lipinski definition) is 6. The van der Waals surface area contributed by atoms with Crippen LogP contribution in [0, 0.1) is 29.6 Å². The smallest absolute Gasteiger partial charge is 0.308 e. The fourth-order valence-electron chi connectivity index (χ4n) is 10.8. The Morgan fingerprint density at radius 3 is 1.18 bits per heavy atom. The number of morpholine rings is 1. The molecule has 6 heteroatoms. The van der Waals surface area contributed by atoms with Crippen molar-refractivity contribution >= 4 is 17.5 Å². The average molecular weight is 945 g/mol. The first kappa shape index (κ1) is 63.7. The minimum absolute atomic E-state index is 0.0196. The summed E-state index contributed by atoms with van der Waals surface area (Å²) in [6.45, 7) is 18.9. The van der Waals surface area contributed by atoms with Crippen molar-refractivity contribution < 1.29 is 23.9 Å². The highest BCUT2D eigenvalue weighted by Crippen LogP contribution is 2.28. The van der Waals surface area contributed by atoms with Crippen LogP contribution in [0.5, 0.6) is 0 Å². The van der Waals surface area contributed by atoms with E-state index in [9.17, 15) is 14.4 Å². The van der Waals surface area contributed by atoms with Crippen molar-refractivity contribution in [2.45, 2.75) is 305 Å². The highest BCUT2D eigenvalue weighted by Gasteiger charge is 2.20. The molecule has 1 aliphatic rings. The number of carbonyl (C=O) groups is 3. The minimum atomic E-state index is 0.0196. The van der Waals surface area contributed by atoms with E-state index in [4.69, 9.17) is 9.47 Å². The van der Waals surface area contributed by atoms with Gasteiger partial charge >= 0.3 is 5.97 Å². The van der Waals surface area contributed by atoms with Crippen LogP contribution in [-0.4, -0.2) is 61.9 Å². The van der Waals surface area contributed by atoms with E-state index in [1.165, 1.54) is 180 Å². The summed E-state index contributed by atoms with van der Waals surface area (Å²) < 4.78 is 11.4. The fraction of sp³-hybridized carbons (Fsp3) is 0.951. The molecule has 1 heterocycles. The van der Waals surface area contributed by atoms with E-state index in [1.54, 1.807) is 0 Å². The Labute approximate surface area is 418 Å². The van der Waals surface area contributed by atoms with Gasteiger partial charge < -0.3 is 9.47 Å². The third-order valence-corrected chi connectivity index (χ3v) is 15.5. The van der Waals surface area contributed by atoms with Gasteiger partial charge in [-0.2, -0.15) is 0 Å². The highest BCUT2D eigenvalue weighted by atomic mass is 16.5. The van der Waals surface area contributed by atoms with Crippen LogP contribution in [0.25, 0.3) is 0 Å². The quantitative estimate of drug-likeness (QED) is 0.0447. The van der Waals surface area contributed by atoms with E-state index >= 15 is 0 Å². The molecule has 0 radical (unpaired) electrons. The summed E-state index contributed by atoms with van der Waals surface area (Å²) in [5.74, 6) is 3.77. The van der Waals surface area contributed by atoms with Gasteiger partial charge in [-0.15, -0.1) is 0 Å². The molecule has 0 amide bonds. The lowest BCUT2D eigenvalue weighted by molar-refractivity contribution is -0.149. The van der Waals surface area contributed by atoms with Crippen LogP contribution in [0.2, 0.25) is 0 Å².